The van der Waals surface area contributed by atoms with Crippen LogP contribution >= 0.6 is 0 Å². The molecule has 0 N–H and O–H groups in total. The Morgan fingerprint density at radius 2 is 2.21 bits per heavy atom. The van der Waals surface area contributed by atoms with Crippen LogP contribution in [0.5, 0.6) is 5.75 Å². The van der Waals surface area contributed by atoms with E-state index in [1.54, 1.807) is 20.0 Å². The van der Waals surface area contributed by atoms with Crippen LogP contribution in [0.1, 0.15) is 22.8 Å². The summed E-state index contributed by atoms with van der Waals surface area (Å²) in [6.07, 6.45) is 3.11. The fourth-order valence-electron chi connectivity index (χ4n) is 1.16. The summed E-state index contributed by atoms with van der Waals surface area (Å²) in [6, 6.07) is 0. The van der Waals surface area contributed by atoms with Crippen LogP contribution < -0.4 is 4.74 Å². The van der Waals surface area contributed by atoms with Crippen molar-refractivity contribution in [3.8, 4) is 5.75 Å². The molecule has 0 unspecified atom stereocenters. The van der Waals surface area contributed by atoms with E-state index in [9.17, 15) is 4.79 Å². The Morgan fingerprint density at radius 1 is 1.50 bits per heavy atom. The Kier molecular flexibility index (Phi) is 3.45. The molecule has 0 aliphatic heterocycles. The van der Waals surface area contributed by atoms with Gasteiger partial charge in [0.05, 0.1) is 19.9 Å². The summed E-state index contributed by atoms with van der Waals surface area (Å²) in [5.74, 6) is 0.0766. The summed E-state index contributed by atoms with van der Waals surface area (Å²) in [4.78, 5) is 15.4. The van der Waals surface area contributed by atoms with Crippen LogP contribution in [-0.4, -0.2) is 24.7 Å². The molecule has 1 heterocycles. The molecule has 4 heteroatoms. The number of carbonyl (C=O) groups excluding carboxylic acids is 1. The Balaban J connectivity index is 3.10. The molecule has 0 atom stereocenters. The van der Waals surface area contributed by atoms with Gasteiger partial charge in [-0.1, -0.05) is 0 Å². The van der Waals surface area contributed by atoms with Gasteiger partial charge in [0.25, 0.3) is 0 Å². The number of esters is 1. The average Bonchev–Trinajstić information content (AvgIpc) is 2.17. The predicted octanol–water partition coefficient (Wildman–Crippen LogP) is 1.58. The van der Waals surface area contributed by atoms with E-state index >= 15 is 0 Å². The first-order valence-corrected chi connectivity index (χ1v) is 4.36. The van der Waals surface area contributed by atoms with Gasteiger partial charge in [-0.15, -0.1) is 0 Å². The lowest BCUT2D eigenvalue weighted by atomic mass is 10.1. The Hall–Kier alpha value is -1.58. The molecule has 0 aliphatic carbocycles. The van der Waals surface area contributed by atoms with E-state index in [0.717, 1.165) is 5.56 Å². The van der Waals surface area contributed by atoms with Gasteiger partial charge in [-0.05, 0) is 19.4 Å². The van der Waals surface area contributed by atoms with Gasteiger partial charge in [0.15, 0.2) is 5.75 Å². The molecule has 1 aromatic rings. The second kappa shape index (κ2) is 4.60. The maximum atomic E-state index is 11.5. The second-order valence-corrected chi connectivity index (χ2v) is 2.75. The number of nitrogens with zero attached hydrogens (tertiary/aromatic N) is 1. The number of hydrogen-bond donors (Lipinski definition) is 0. The first-order valence-electron chi connectivity index (χ1n) is 4.36. The monoisotopic (exact) mass is 195 g/mol. The summed E-state index contributed by atoms with van der Waals surface area (Å²) in [7, 11) is 1.50. The second-order valence-electron chi connectivity index (χ2n) is 2.75. The lowest BCUT2D eigenvalue weighted by molar-refractivity contribution is 0.0521. The number of pyridine rings is 1. The summed E-state index contributed by atoms with van der Waals surface area (Å²) in [5.41, 5.74) is 1.20. The van der Waals surface area contributed by atoms with Crippen LogP contribution in [0.15, 0.2) is 12.4 Å². The molecule has 1 rings (SSSR count). The van der Waals surface area contributed by atoms with Crippen molar-refractivity contribution in [3.05, 3.63) is 23.5 Å². The lowest BCUT2D eigenvalue weighted by Crippen LogP contribution is -2.09. The third-order valence-corrected chi connectivity index (χ3v) is 1.80. The quantitative estimate of drug-likeness (QED) is 0.687. The van der Waals surface area contributed by atoms with Crippen molar-refractivity contribution in [1.82, 2.24) is 4.98 Å². The maximum Gasteiger partial charge on any atom is 0.342 e. The first-order chi connectivity index (χ1) is 6.70. The van der Waals surface area contributed by atoms with Crippen molar-refractivity contribution < 1.29 is 14.3 Å². The summed E-state index contributed by atoms with van der Waals surface area (Å²) >= 11 is 0. The predicted molar refractivity (Wildman–Crippen MR) is 51.5 cm³/mol. The number of ether oxygens (including phenoxy) is 2. The van der Waals surface area contributed by atoms with Crippen LogP contribution in [0.25, 0.3) is 0 Å². The third kappa shape index (κ3) is 2.02. The Bertz CT molecular complexity index is 336. The zero-order valence-corrected chi connectivity index (χ0v) is 8.53. The van der Waals surface area contributed by atoms with Crippen LogP contribution in [0.3, 0.4) is 0 Å². The molecule has 4 nitrogen and oxygen atoms in total. The summed E-state index contributed by atoms with van der Waals surface area (Å²) < 4.78 is 9.93. The zero-order chi connectivity index (χ0) is 10.6. The zero-order valence-electron chi connectivity index (χ0n) is 8.53. The number of aryl methyl sites for hydroxylation is 1. The highest BCUT2D eigenvalue weighted by Crippen LogP contribution is 2.20. The molecule has 0 amide bonds. The number of aromatic nitrogens is 1. The molecule has 0 radical (unpaired) electrons. The summed E-state index contributed by atoms with van der Waals surface area (Å²) in [5, 5.41) is 0. The smallest absolute Gasteiger partial charge is 0.342 e. The van der Waals surface area contributed by atoms with E-state index in [1.165, 1.54) is 13.3 Å². The molecular weight excluding hydrogens is 182 g/mol. The molecule has 1 aromatic heterocycles. The summed E-state index contributed by atoms with van der Waals surface area (Å²) in [6.45, 7) is 3.91. The molecule has 0 spiro atoms. The number of rotatable bonds is 3. The van der Waals surface area contributed by atoms with Gasteiger partial charge in [0.2, 0.25) is 0 Å². The number of methoxy groups -OCH3 is 1. The van der Waals surface area contributed by atoms with Gasteiger partial charge in [-0.2, -0.15) is 0 Å². The van der Waals surface area contributed by atoms with Crippen LogP contribution in [-0.2, 0) is 4.74 Å². The molecule has 0 saturated carbocycles. The lowest BCUT2D eigenvalue weighted by Gasteiger charge is -2.09. The van der Waals surface area contributed by atoms with Crippen molar-refractivity contribution in [3.63, 3.8) is 0 Å². The van der Waals surface area contributed by atoms with E-state index in [4.69, 9.17) is 9.47 Å². The molecular formula is C10H13NO3. The van der Waals surface area contributed by atoms with Crippen molar-refractivity contribution in [2.75, 3.05) is 13.7 Å². The molecule has 0 fully saturated rings. The van der Waals surface area contributed by atoms with Gasteiger partial charge in [-0.3, -0.25) is 4.98 Å². The SMILES string of the molecule is CCOC(=O)c1c(C)cncc1OC. The number of carbonyl (C=O) groups is 1. The first kappa shape index (κ1) is 10.5. The van der Waals surface area contributed by atoms with Crippen molar-refractivity contribution in [1.29, 1.82) is 0 Å². The minimum atomic E-state index is -0.371. The highest BCUT2D eigenvalue weighted by Gasteiger charge is 2.16. The normalized spacial score (nSPS) is 9.64. The van der Waals surface area contributed by atoms with E-state index in [1.807, 2.05) is 0 Å². The number of hydrogen-bond acceptors (Lipinski definition) is 4. The van der Waals surface area contributed by atoms with Gasteiger partial charge in [0.1, 0.15) is 5.56 Å². The topological polar surface area (TPSA) is 48.4 Å². The van der Waals surface area contributed by atoms with Gasteiger partial charge >= 0.3 is 5.97 Å². The van der Waals surface area contributed by atoms with E-state index in [-0.39, 0.29) is 5.97 Å². The van der Waals surface area contributed by atoms with Crippen LogP contribution in [0.4, 0.5) is 0 Å². The molecule has 0 bridgehead atoms. The highest BCUT2D eigenvalue weighted by atomic mass is 16.5. The van der Waals surface area contributed by atoms with E-state index in [2.05, 4.69) is 4.98 Å². The highest BCUT2D eigenvalue weighted by molar-refractivity contribution is 5.93. The van der Waals surface area contributed by atoms with Gasteiger partial charge < -0.3 is 9.47 Å². The van der Waals surface area contributed by atoms with Gasteiger partial charge in [-0.25, -0.2) is 4.79 Å². The standard InChI is InChI=1S/C10H13NO3/c1-4-14-10(12)9-7(2)5-11-6-8(9)13-3/h5-6H,4H2,1-3H3. The fourth-order valence-corrected chi connectivity index (χ4v) is 1.16. The molecule has 76 valence electrons. The van der Waals surface area contributed by atoms with Crippen molar-refractivity contribution >= 4 is 5.97 Å². The van der Waals surface area contributed by atoms with Gasteiger partial charge in [0, 0.05) is 6.20 Å². The van der Waals surface area contributed by atoms with E-state index in [0.29, 0.717) is 17.9 Å². The van der Waals surface area contributed by atoms with Crippen LogP contribution in [0.2, 0.25) is 0 Å². The third-order valence-electron chi connectivity index (χ3n) is 1.80. The minimum Gasteiger partial charge on any atom is -0.494 e. The Morgan fingerprint density at radius 3 is 2.79 bits per heavy atom. The Labute approximate surface area is 82.9 Å². The van der Waals surface area contributed by atoms with Crippen molar-refractivity contribution in [2.45, 2.75) is 13.8 Å². The van der Waals surface area contributed by atoms with Crippen LogP contribution in [0, 0.1) is 6.92 Å². The fraction of sp³-hybridized carbons (Fsp3) is 0.400. The van der Waals surface area contributed by atoms with Crippen molar-refractivity contribution in [2.24, 2.45) is 0 Å². The molecule has 0 saturated heterocycles. The molecule has 14 heavy (non-hydrogen) atoms. The molecule has 0 aliphatic rings. The largest absolute Gasteiger partial charge is 0.494 e. The maximum absolute atomic E-state index is 11.5. The minimum absolute atomic E-state index is 0.351. The average molecular weight is 195 g/mol. The molecule has 0 aromatic carbocycles. The van der Waals surface area contributed by atoms with E-state index < -0.39 is 0 Å².